The number of aromatic nitrogens is 2. The molecule has 36 heavy (non-hydrogen) atoms. The minimum atomic E-state index is -4.82. The summed E-state index contributed by atoms with van der Waals surface area (Å²) in [6, 6.07) is 8.32. The number of aryl methyl sites for hydroxylation is 1. The number of benzene rings is 1. The predicted octanol–water partition coefficient (Wildman–Crippen LogP) is 3.65. The second kappa shape index (κ2) is 10.1. The maximum absolute atomic E-state index is 13.2. The van der Waals surface area contributed by atoms with E-state index in [0.29, 0.717) is 24.8 Å². The first-order chi connectivity index (χ1) is 16.9. The zero-order valence-electron chi connectivity index (χ0n) is 19.7. The Labute approximate surface area is 211 Å². The number of thiophene rings is 1. The van der Waals surface area contributed by atoms with Crippen LogP contribution in [0.5, 0.6) is 0 Å². The number of ether oxygens (including phenoxy) is 1. The third kappa shape index (κ3) is 5.44. The van der Waals surface area contributed by atoms with Gasteiger partial charge in [-0.15, -0.1) is 11.3 Å². The van der Waals surface area contributed by atoms with E-state index >= 15 is 0 Å². The van der Waals surface area contributed by atoms with E-state index in [0.717, 1.165) is 17.2 Å². The Morgan fingerprint density at radius 2 is 1.94 bits per heavy atom. The summed E-state index contributed by atoms with van der Waals surface area (Å²) in [5.74, 6) is 0.746. The van der Waals surface area contributed by atoms with Crippen molar-refractivity contribution in [3.63, 3.8) is 0 Å². The second-order valence-electron chi connectivity index (χ2n) is 8.75. The van der Waals surface area contributed by atoms with Gasteiger partial charge in [0.1, 0.15) is 10.0 Å². The van der Waals surface area contributed by atoms with E-state index in [9.17, 15) is 26.7 Å². The zero-order chi connectivity index (χ0) is 26.1. The molecule has 4 rings (SSSR count). The van der Waals surface area contributed by atoms with Crippen LogP contribution >= 0.6 is 11.3 Å². The fourth-order valence-electron chi connectivity index (χ4n) is 4.05. The third-order valence-corrected chi connectivity index (χ3v) is 9.41. The molecule has 2 atom stereocenters. The van der Waals surface area contributed by atoms with E-state index < -0.39 is 27.8 Å². The lowest BCUT2D eigenvalue weighted by Gasteiger charge is -2.42. The average molecular weight is 545 g/mol. The summed E-state index contributed by atoms with van der Waals surface area (Å²) in [4.78, 5) is 9.19. The van der Waals surface area contributed by atoms with Gasteiger partial charge in [-0.05, 0) is 43.0 Å². The predicted molar refractivity (Wildman–Crippen MR) is 129 cm³/mol. The first-order valence-electron chi connectivity index (χ1n) is 11.2. The number of hydrogen-bond donors (Lipinski definition) is 2. The molecular formula is C23H27F3N4O4S2. The maximum Gasteiger partial charge on any atom is 0.421 e. The van der Waals surface area contributed by atoms with Gasteiger partial charge in [-0.3, -0.25) is 0 Å². The first kappa shape index (κ1) is 26.6. The lowest BCUT2D eigenvalue weighted by molar-refractivity contribution is -0.258. The van der Waals surface area contributed by atoms with Crippen LogP contribution < -0.4 is 4.90 Å². The van der Waals surface area contributed by atoms with Crippen molar-refractivity contribution in [1.29, 1.82) is 0 Å². The minimum Gasteiger partial charge on any atom is -0.376 e. The third-order valence-electron chi connectivity index (χ3n) is 6.17. The monoisotopic (exact) mass is 544 g/mol. The van der Waals surface area contributed by atoms with Gasteiger partial charge in [0.2, 0.25) is 0 Å². The highest BCUT2D eigenvalue weighted by atomic mass is 32.2. The number of imidazole rings is 1. The van der Waals surface area contributed by atoms with E-state index in [1.807, 2.05) is 11.8 Å². The van der Waals surface area contributed by atoms with Gasteiger partial charge in [0.15, 0.2) is 5.60 Å². The molecule has 1 aromatic carbocycles. The molecule has 2 aromatic heterocycles. The molecule has 2 N–H and O–H groups in total. The number of alkyl halides is 3. The number of H-pyrrole nitrogens is 1. The Bertz CT molecular complexity index is 1260. The van der Waals surface area contributed by atoms with Crippen molar-refractivity contribution in [2.75, 3.05) is 31.1 Å². The van der Waals surface area contributed by atoms with Crippen molar-refractivity contribution in [3.05, 3.63) is 65.1 Å². The maximum atomic E-state index is 13.2. The molecule has 3 aromatic rings. The number of aliphatic hydroxyl groups is 1. The molecule has 8 nitrogen and oxygen atoms in total. The number of hydrogen-bond acceptors (Lipinski definition) is 7. The topological polar surface area (TPSA) is 98.8 Å². The molecule has 0 aliphatic carbocycles. The lowest BCUT2D eigenvalue weighted by atomic mass is 9.95. The number of aromatic amines is 1. The number of halogens is 3. The van der Waals surface area contributed by atoms with E-state index in [-0.39, 0.29) is 36.1 Å². The zero-order valence-corrected chi connectivity index (χ0v) is 21.3. The molecule has 0 amide bonds. The molecular weight excluding hydrogens is 517 g/mol. The van der Waals surface area contributed by atoms with Gasteiger partial charge in [-0.2, -0.15) is 17.5 Å². The van der Waals surface area contributed by atoms with Crippen LogP contribution in [0, 0.1) is 6.92 Å². The van der Waals surface area contributed by atoms with Gasteiger partial charge in [0, 0.05) is 31.5 Å². The van der Waals surface area contributed by atoms with Gasteiger partial charge in [-0.1, -0.05) is 18.2 Å². The molecule has 0 saturated carbocycles. The van der Waals surface area contributed by atoms with Gasteiger partial charge < -0.3 is 19.7 Å². The van der Waals surface area contributed by atoms with Crippen LogP contribution in [0.3, 0.4) is 0 Å². The summed E-state index contributed by atoms with van der Waals surface area (Å²) < 4.78 is 73.5. The Morgan fingerprint density at radius 1 is 1.22 bits per heavy atom. The van der Waals surface area contributed by atoms with Crippen LogP contribution in [0.1, 0.15) is 24.0 Å². The number of sulfonamides is 1. The van der Waals surface area contributed by atoms with Crippen LogP contribution in [0.2, 0.25) is 0 Å². The number of nitrogens with one attached hydrogen (secondary N) is 1. The highest BCUT2D eigenvalue weighted by Crippen LogP contribution is 2.39. The molecule has 1 fully saturated rings. The Hall–Kier alpha value is -2.45. The number of piperazine rings is 1. The fraction of sp³-hybridized carbons (Fsp3) is 0.435. The Morgan fingerprint density at radius 3 is 2.53 bits per heavy atom. The molecule has 1 aliphatic heterocycles. The van der Waals surface area contributed by atoms with Crippen LogP contribution in [0.4, 0.5) is 18.9 Å². The van der Waals surface area contributed by atoms with E-state index in [2.05, 4.69) is 9.97 Å². The fourth-order valence-corrected chi connectivity index (χ4v) is 6.66. The van der Waals surface area contributed by atoms with Gasteiger partial charge in [0.05, 0.1) is 24.9 Å². The molecule has 13 heteroatoms. The molecule has 0 radical (unpaired) electrons. The van der Waals surface area contributed by atoms with Crippen molar-refractivity contribution in [3.8, 4) is 0 Å². The molecule has 196 valence electrons. The van der Waals surface area contributed by atoms with Crippen molar-refractivity contribution in [2.45, 2.75) is 42.5 Å². The van der Waals surface area contributed by atoms with Crippen LogP contribution in [0.25, 0.3) is 0 Å². The molecule has 1 saturated heterocycles. The normalized spacial score (nSPS) is 19.4. The standard InChI is InChI=1S/C23H27F3N4O4S2/c1-16-27-12-18(28-16)14-34-15-20-13-29(36(32,33)21-4-3-11-35-21)9-10-30(20)19-7-5-17(6-8-19)22(2,31)23(24,25)26/h3-8,11-12,20,31H,9-10,13-15H2,1-2H3,(H,27,28)/t20-,22?/m1/s1. The Balaban J connectivity index is 1.55. The van der Waals surface area contributed by atoms with Crippen molar-refractivity contribution < 1.29 is 31.4 Å². The quantitative estimate of drug-likeness (QED) is 0.449. The molecule has 0 bridgehead atoms. The Kier molecular flexibility index (Phi) is 7.49. The molecule has 0 spiro atoms. The molecule has 1 aliphatic rings. The smallest absolute Gasteiger partial charge is 0.376 e. The summed E-state index contributed by atoms with van der Waals surface area (Å²) >= 11 is 1.14. The minimum absolute atomic E-state index is 0.141. The van der Waals surface area contributed by atoms with E-state index in [1.165, 1.54) is 28.6 Å². The average Bonchev–Trinajstić information content (AvgIpc) is 3.51. The largest absolute Gasteiger partial charge is 0.421 e. The van der Waals surface area contributed by atoms with E-state index in [1.54, 1.807) is 23.7 Å². The van der Waals surface area contributed by atoms with Gasteiger partial charge >= 0.3 is 6.18 Å². The van der Waals surface area contributed by atoms with E-state index in [4.69, 9.17) is 4.74 Å². The highest BCUT2D eigenvalue weighted by Gasteiger charge is 2.51. The summed E-state index contributed by atoms with van der Waals surface area (Å²) in [5.41, 5.74) is -1.95. The van der Waals surface area contributed by atoms with Crippen molar-refractivity contribution >= 4 is 27.0 Å². The van der Waals surface area contributed by atoms with Gasteiger partial charge in [0.25, 0.3) is 10.0 Å². The number of anilines is 1. The second-order valence-corrected chi connectivity index (χ2v) is 11.9. The first-order valence-corrected chi connectivity index (χ1v) is 13.5. The van der Waals surface area contributed by atoms with Crippen LogP contribution in [-0.2, 0) is 27.0 Å². The number of nitrogens with zero attached hydrogens (tertiary/aromatic N) is 3. The highest BCUT2D eigenvalue weighted by molar-refractivity contribution is 7.91. The molecule has 1 unspecified atom stereocenters. The summed E-state index contributed by atoms with van der Waals surface area (Å²) in [6.07, 6.45) is -3.09. The number of rotatable bonds is 8. The SMILES string of the molecule is Cc1nc(COC[C@H]2CN(S(=O)(=O)c3cccs3)CCN2c2ccc(C(C)(O)C(F)(F)F)cc2)c[nH]1. The van der Waals surface area contributed by atoms with Crippen LogP contribution in [0.15, 0.2) is 52.2 Å². The summed E-state index contributed by atoms with van der Waals surface area (Å²) in [6.45, 7) is 3.58. The molecule has 3 heterocycles. The summed E-state index contributed by atoms with van der Waals surface area (Å²) in [5, 5.41) is 11.7. The van der Waals surface area contributed by atoms with Crippen LogP contribution in [-0.4, -0.2) is 66.3 Å². The van der Waals surface area contributed by atoms with Crippen molar-refractivity contribution in [2.24, 2.45) is 0 Å². The van der Waals surface area contributed by atoms with Crippen molar-refractivity contribution in [1.82, 2.24) is 14.3 Å². The summed E-state index contributed by atoms with van der Waals surface area (Å²) in [7, 11) is -3.68. The van der Waals surface area contributed by atoms with Gasteiger partial charge in [-0.25, -0.2) is 13.4 Å². The lowest BCUT2D eigenvalue weighted by Crippen LogP contribution is -2.56.